The van der Waals surface area contributed by atoms with Crippen LogP contribution in [0.3, 0.4) is 0 Å². The van der Waals surface area contributed by atoms with Gasteiger partial charge in [-0.25, -0.2) is 5.01 Å². The van der Waals surface area contributed by atoms with Crippen molar-refractivity contribution in [2.45, 2.75) is 13.1 Å². The summed E-state index contributed by atoms with van der Waals surface area (Å²) in [6.07, 6.45) is 0. The molecule has 0 aliphatic carbocycles. The second-order valence-corrected chi connectivity index (χ2v) is 4.45. The molecule has 16 heavy (non-hydrogen) atoms. The van der Waals surface area contributed by atoms with Crippen molar-refractivity contribution in [3.8, 4) is 5.75 Å². The van der Waals surface area contributed by atoms with Gasteiger partial charge in [0, 0.05) is 25.2 Å². The lowest BCUT2D eigenvalue weighted by Crippen LogP contribution is -2.24. The highest BCUT2D eigenvalue weighted by Crippen LogP contribution is 2.29. The van der Waals surface area contributed by atoms with Crippen molar-refractivity contribution >= 4 is 0 Å². The van der Waals surface area contributed by atoms with E-state index in [-0.39, 0.29) is 0 Å². The molecule has 1 aromatic carbocycles. The van der Waals surface area contributed by atoms with E-state index in [1.54, 1.807) is 0 Å². The molecule has 0 unspecified atom stereocenters. The summed E-state index contributed by atoms with van der Waals surface area (Å²) >= 11 is 0. The molecule has 0 saturated heterocycles. The molecule has 0 aromatic heterocycles. The van der Waals surface area contributed by atoms with E-state index in [0.29, 0.717) is 6.61 Å². The van der Waals surface area contributed by atoms with Crippen molar-refractivity contribution in [1.29, 1.82) is 0 Å². The van der Waals surface area contributed by atoms with Gasteiger partial charge in [-0.2, -0.15) is 0 Å². The third-order valence-corrected chi connectivity index (χ3v) is 2.76. The summed E-state index contributed by atoms with van der Waals surface area (Å²) in [7, 11) is 4.08. The van der Waals surface area contributed by atoms with Crippen LogP contribution in [-0.2, 0) is 13.1 Å². The molecule has 1 aliphatic rings. The smallest absolute Gasteiger partial charge is 0.124 e. The minimum absolute atomic E-state index is 0.716. The number of hydrogen-bond donors (Lipinski definition) is 1. The first-order chi connectivity index (χ1) is 7.66. The summed E-state index contributed by atoms with van der Waals surface area (Å²) in [4.78, 5) is 2.11. The maximum Gasteiger partial charge on any atom is 0.124 e. The highest BCUT2D eigenvalue weighted by molar-refractivity contribution is 5.42. The molecule has 88 valence electrons. The van der Waals surface area contributed by atoms with Gasteiger partial charge in [0.25, 0.3) is 0 Å². The number of hydrazine groups is 1. The quantitative estimate of drug-likeness (QED) is 0.764. The Morgan fingerprint density at radius 1 is 1.38 bits per heavy atom. The lowest BCUT2D eigenvalue weighted by atomic mass is 10.1. The van der Waals surface area contributed by atoms with Gasteiger partial charge >= 0.3 is 0 Å². The number of rotatable bonds is 4. The van der Waals surface area contributed by atoms with Crippen LogP contribution >= 0.6 is 0 Å². The second kappa shape index (κ2) is 4.82. The molecular formula is C12H19N3O. The molecule has 4 heteroatoms. The minimum atomic E-state index is 0.716. The predicted molar refractivity (Wildman–Crippen MR) is 63.9 cm³/mol. The van der Waals surface area contributed by atoms with Gasteiger partial charge in [0.15, 0.2) is 0 Å². The zero-order valence-corrected chi connectivity index (χ0v) is 9.94. The number of nitrogens with two attached hydrogens (primary N) is 1. The first-order valence-corrected chi connectivity index (χ1v) is 5.55. The fraction of sp³-hybridized carbons (Fsp3) is 0.500. The maximum atomic E-state index is 5.80. The molecule has 0 amide bonds. The first kappa shape index (κ1) is 11.4. The highest BCUT2D eigenvalue weighted by atomic mass is 16.5. The fourth-order valence-corrected chi connectivity index (χ4v) is 1.89. The van der Waals surface area contributed by atoms with E-state index in [9.17, 15) is 0 Å². The molecule has 1 heterocycles. The van der Waals surface area contributed by atoms with Crippen LogP contribution < -0.4 is 10.6 Å². The van der Waals surface area contributed by atoms with Crippen LogP contribution in [0.1, 0.15) is 11.1 Å². The monoisotopic (exact) mass is 221 g/mol. The van der Waals surface area contributed by atoms with Crippen molar-refractivity contribution in [3.63, 3.8) is 0 Å². The number of hydrogen-bond acceptors (Lipinski definition) is 4. The molecule has 2 N–H and O–H groups in total. The molecule has 1 aliphatic heterocycles. The fourth-order valence-electron chi connectivity index (χ4n) is 1.89. The molecular weight excluding hydrogens is 202 g/mol. The van der Waals surface area contributed by atoms with Gasteiger partial charge in [0.05, 0.1) is 0 Å². The van der Waals surface area contributed by atoms with E-state index < -0.39 is 0 Å². The van der Waals surface area contributed by atoms with Crippen LogP contribution in [0.25, 0.3) is 0 Å². The largest absolute Gasteiger partial charge is 0.492 e. The molecule has 1 aromatic rings. The SMILES string of the molecule is CN(C)CCOc1cccc2c1CN(N)C2. The van der Waals surface area contributed by atoms with Gasteiger partial charge in [-0.1, -0.05) is 12.1 Å². The van der Waals surface area contributed by atoms with E-state index in [4.69, 9.17) is 10.6 Å². The summed E-state index contributed by atoms with van der Waals surface area (Å²) in [5, 5.41) is 1.81. The van der Waals surface area contributed by atoms with E-state index in [0.717, 1.165) is 25.4 Å². The van der Waals surface area contributed by atoms with Gasteiger partial charge in [-0.3, -0.25) is 5.84 Å². The zero-order chi connectivity index (χ0) is 11.5. The van der Waals surface area contributed by atoms with Crippen molar-refractivity contribution in [2.75, 3.05) is 27.2 Å². The van der Waals surface area contributed by atoms with Gasteiger partial charge in [-0.15, -0.1) is 0 Å². The minimum Gasteiger partial charge on any atom is -0.492 e. The normalized spacial score (nSPS) is 15.5. The summed E-state index contributed by atoms with van der Waals surface area (Å²) in [6.45, 7) is 3.25. The van der Waals surface area contributed by atoms with Gasteiger partial charge in [0.1, 0.15) is 12.4 Å². The number of likely N-dealkylation sites (N-methyl/N-ethyl adjacent to an activating group) is 1. The molecule has 0 spiro atoms. The Hall–Kier alpha value is -1.10. The second-order valence-electron chi connectivity index (χ2n) is 4.45. The van der Waals surface area contributed by atoms with Gasteiger partial charge in [-0.05, 0) is 25.7 Å². The van der Waals surface area contributed by atoms with Crippen molar-refractivity contribution in [1.82, 2.24) is 9.91 Å². The van der Waals surface area contributed by atoms with Crippen LogP contribution in [0.2, 0.25) is 0 Å². The molecule has 0 radical (unpaired) electrons. The van der Waals surface area contributed by atoms with Crippen molar-refractivity contribution < 1.29 is 4.74 Å². The van der Waals surface area contributed by atoms with Crippen LogP contribution in [0.15, 0.2) is 18.2 Å². The summed E-state index contributed by atoms with van der Waals surface area (Å²) in [6, 6.07) is 6.16. The van der Waals surface area contributed by atoms with Crippen LogP contribution in [-0.4, -0.2) is 37.2 Å². The number of ether oxygens (including phenoxy) is 1. The predicted octanol–water partition coefficient (Wildman–Crippen LogP) is 0.816. The molecule has 0 atom stereocenters. The average Bonchev–Trinajstić information content (AvgIpc) is 2.58. The number of benzene rings is 1. The number of nitrogens with zero attached hydrogens (tertiary/aromatic N) is 2. The van der Waals surface area contributed by atoms with E-state index in [1.165, 1.54) is 11.1 Å². The lowest BCUT2D eigenvalue weighted by molar-refractivity contribution is 0.254. The third kappa shape index (κ3) is 2.52. The van der Waals surface area contributed by atoms with Gasteiger partial charge in [0.2, 0.25) is 0 Å². The Bertz CT molecular complexity index is 365. The number of fused-ring (bicyclic) bond motifs is 1. The van der Waals surface area contributed by atoms with Crippen molar-refractivity contribution in [3.05, 3.63) is 29.3 Å². The van der Waals surface area contributed by atoms with Crippen molar-refractivity contribution in [2.24, 2.45) is 5.84 Å². The van der Waals surface area contributed by atoms with Gasteiger partial charge < -0.3 is 9.64 Å². The van der Waals surface area contributed by atoms with Crippen LogP contribution in [0, 0.1) is 0 Å². The Morgan fingerprint density at radius 3 is 2.94 bits per heavy atom. The standard InChI is InChI=1S/C12H19N3O/c1-14(2)6-7-16-12-5-3-4-10-8-15(13)9-11(10)12/h3-5H,6-9,13H2,1-2H3. The Morgan fingerprint density at radius 2 is 2.19 bits per heavy atom. The summed E-state index contributed by atoms with van der Waals surface area (Å²) in [5.74, 6) is 6.78. The zero-order valence-electron chi connectivity index (χ0n) is 9.94. The first-order valence-electron chi connectivity index (χ1n) is 5.55. The van der Waals surface area contributed by atoms with Crippen LogP contribution in [0.5, 0.6) is 5.75 Å². The van der Waals surface area contributed by atoms with E-state index >= 15 is 0 Å². The Labute approximate surface area is 96.6 Å². The molecule has 0 saturated carbocycles. The van der Waals surface area contributed by atoms with Crippen LogP contribution in [0.4, 0.5) is 0 Å². The molecule has 0 fully saturated rings. The Kier molecular flexibility index (Phi) is 3.43. The van der Waals surface area contributed by atoms with E-state index in [2.05, 4.69) is 11.0 Å². The lowest BCUT2D eigenvalue weighted by Gasteiger charge is -2.13. The summed E-state index contributed by atoms with van der Waals surface area (Å²) in [5.41, 5.74) is 2.52. The maximum absolute atomic E-state index is 5.80. The third-order valence-electron chi connectivity index (χ3n) is 2.76. The topological polar surface area (TPSA) is 41.7 Å². The summed E-state index contributed by atoms with van der Waals surface area (Å²) < 4.78 is 5.78. The molecule has 0 bridgehead atoms. The van der Waals surface area contributed by atoms with E-state index in [1.807, 2.05) is 31.2 Å². The molecule has 2 rings (SSSR count). The molecule has 4 nitrogen and oxygen atoms in total. The Balaban J connectivity index is 2.03. The average molecular weight is 221 g/mol. The highest BCUT2D eigenvalue weighted by Gasteiger charge is 2.19.